The summed E-state index contributed by atoms with van der Waals surface area (Å²) in [6.45, 7) is 3.45. The first-order valence-corrected chi connectivity index (χ1v) is 7.16. The maximum absolute atomic E-state index is 6.38. The predicted molar refractivity (Wildman–Crippen MR) is 81.9 cm³/mol. The smallest absolute Gasteiger partial charge is 0.134 e. The van der Waals surface area contributed by atoms with Crippen molar-refractivity contribution in [2.45, 2.75) is 26.2 Å². The van der Waals surface area contributed by atoms with Gasteiger partial charge in [-0.15, -0.1) is 0 Å². The molecule has 1 aliphatic heterocycles. The number of ether oxygens (including phenoxy) is 1. The number of fused-ring (bicyclic) bond motifs is 2. The van der Waals surface area contributed by atoms with E-state index in [0.717, 1.165) is 22.3 Å². The number of hydrogen-bond donors (Lipinski definition) is 1. The largest absolute Gasteiger partial charge is 0.459 e. The fraction of sp³-hybridized carbons (Fsp3) is 0.222. The summed E-state index contributed by atoms with van der Waals surface area (Å²) in [5.74, 6) is 0.800. The highest BCUT2D eigenvalue weighted by molar-refractivity contribution is 5.78. The number of benzene rings is 2. The molecule has 1 aliphatic rings. The Balaban J connectivity index is 1.73. The zero-order valence-corrected chi connectivity index (χ0v) is 11.9. The molecule has 4 rings (SSSR count). The summed E-state index contributed by atoms with van der Waals surface area (Å²) in [5, 5.41) is 1.10. The van der Waals surface area contributed by atoms with Crippen molar-refractivity contribution >= 4 is 11.0 Å². The van der Waals surface area contributed by atoms with Crippen LogP contribution in [-0.2, 0) is 18.0 Å². The number of nitrogens with two attached hydrogens (primary N) is 1. The fourth-order valence-electron chi connectivity index (χ4n) is 2.89. The van der Waals surface area contributed by atoms with Gasteiger partial charge in [0.05, 0.1) is 19.3 Å². The minimum absolute atomic E-state index is 0.247. The quantitative estimate of drug-likeness (QED) is 0.775. The Morgan fingerprint density at radius 1 is 1.00 bits per heavy atom. The second-order valence-electron chi connectivity index (χ2n) is 5.69. The Kier molecular flexibility index (Phi) is 2.84. The highest BCUT2D eigenvalue weighted by Crippen LogP contribution is 2.29. The second kappa shape index (κ2) is 4.72. The monoisotopic (exact) mass is 279 g/mol. The molecular formula is C18H17NO2. The summed E-state index contributed by atoms with van der Waals surface area (Å²) in [5.41, 5.74) is 12.0. The molecule has 0 spiro atoms. The first-order chi connectivity index (χ1) is 10.2. The molecule has 3 heteroatoms. The summed E-state index contributed by atoms with van der Waals surface area (Å²) in [6, 6.07) is 14.3. The SMILES string of the molecule is Cc1ccc2oc(C(N)c3ccc4c(c3)COC4)cc2c1. The molecule has 2 aromatic carbocycles. The van der Waals surface area contributed by atoms with Gasteiger partial charge in [-0.3, -0.25) is 0 Å². The van der Waals surface area contributed by atoms with E-state index >= 15 is 0 Å². The van der Waals surface area contributed by atoms with Crippen molar-refractivity contribution in [3.05, 3.63) is 70.5 Å². The molecule has 0 amide bonds. The molecule has 0 saturated heterocycles. The average Bonchev–Trinajstić information content (AvgIpc) is 3.11. The molecule has 1 aromatic heterocycles. The van der Waals surface area contributed by atoms with Crippen molar-refractivity contribution in [2.24, 2.45) is 5.73 Å². The molecule has 0 bridgehead atoms. The van der Waals surface area contributed by atoms with E-state index in [1.807, 2.05) is 18.2 Å². The molecule has 3 nitrogen and oxygen atoms in total. The van der Waals surface area contributed by atoms with Crippen LogP contribution in [0.5, 0.6) is 0 Å². The van der Waals surface area contributed by atoms with Crippen molar-refractivity contribution in [2.75, 3.05) is 0 Å². The summed E-state index contributed by atoms with van der Waals surface area (Å²) in [6.07, 6.45) is 0. The lowest BCUT2D eigenvalue weighted by Crippen LogP contribution is -2.11. The van der Waals surface area contributed by atoms with Gasteiger partial charge in [-0.05, 0) is 41.8 Å². The maximum atomic E-state index is 6.38. The fourth-order valence-corrected chi connectivity index (χ4v) is 2.89. The van der Waals surface area contributed by atoms with Gasteiger partial charge >= 0.3 is 0 Å². The minimum Gasteiger partial charge on any atom is -0.459 e. The van der Waals surface area contributed by atoms with Crippen LogP contribution in [0.1, 0.15) is 34.1 Å². The van der Waals surface area contributed by atoms with Crippen LogP contribution in [0.15, 0.2) is 46.9 Å². The molecule has 0 aliphatic carbocycles. The molecule has 1 atom stereocenters. The van der Waals surface area contributed by atoms with Gasteiger partial charge in [0.2, 0.25) is 0 Å². The zero-order valence-electron chi connectivity index (χ0n) is 11.9. The number of rotatable bonds is 2. The number of aryl methyl sites for hydroxylation is 1. The molecule has 0 fully saturated rings. The molecule has 3 aromatic rings. The van der Waals surface area contributed by atoms with Crippen molar-refractivity contribution in [1.82, 2.24) is 0 Å². The lowest BCUT2D eigenvalue weighted by molar-refractivity contribution is 0.134. The topological polar surface area (TPSA) is 48.4 Å². The summed E-state index contributed by atoms with van der Waals surface area (Å²) in [4.78, 5) is 0. The van der Waals surface area contributed by atoms with Crippen LogP contribution in [0, 0.1) is 6.92 Å². The molecule has 2 N–H and O–H groups in total. The molecule has 106 valence electrons. The average molecular weight is 279 g/mol. The zero-order chi connectivity index (χ0) is 14.4. The van der Waals surface area contributed by atoms with Crippen LogP contribution in [-0.4, -0.2) is 0 Å². The van der Waals surface area contributed by atoms with Crippen molar-refractivity contribution in [1.29, 1.82) is 0 Å². The van der Waals surface area contributed by atoms with Gasteiger partial charge < -0.3 is 14.9 Å². The van der Waals surface area contributed by atoms with Crippen LogP contribution >= 0.6 is 0 Å². The third-order valence-electron chi connectivity index (χ3n) is 4.10. The van der Waals surface area contributed by atoms with E-state index in [2.05, 4.69) is 31.2 Å². The standard InChI is InChI=1S/C18H17NO2/c1-11-2-5-16-14(6-11)8-17(21-16)18(19)12-3-4-13-9-20-10-15(13)7-12/h2-8,18H,9-10,19H2,1H3. The van der Waals surface area contributed by atoms with Crippen LogP contribution in [0.4, 0.5) is 0 Å². The van der Waals surface area contributed by atoms with E-state index in [0.29, 0.717) is 13.2 Å². The van der Waals surface area contributed by atoms with Gasteiger partial charge in [0, 0.05) is 5.39 Å². The van der Waals surface area contributed by atoms with E-state index in [9.17, 15) is 0 Å². The lowest BCUT2D eigenvalue weighted by atomic mass is 10.00. The lowest BCUT2D eigenvalue weighted by Gasteiger charge is -2.10. The van der Waals surface area contributed by atoms with E-state index in [4.69, 9.17) is 14.9 Å². The van der Waals surface area contributed by atoms with Gasteiger partial charge in [-0.1, -0.05) is 29.8 Å². The van der Waals surface area contributed by atoms with Crippen LogP contribution < -0.4 is 5.73 Å². The maximum Gasteiger partial charge on any atom is 0.134 e. The highest BCUT2D eigenvalue weighted by Gasteiger charge is 2.18. The second-order valence-corrected chi connectivity index (χ2v) is 5.69. The van der Waals surface area contributed by atoms with Gasteiger partial charge in [-0.25, -0.2) is 0 Å². The van der Waals surface area contributed by atoms with E-state index in [1.165, 1.54) is 16.7 Å². The van der Waals surface area contributed by atoms with E-state index in [-0.39, 0.29) is 6.04 Å². The minimum atomic E-state index is -0.247. The van der Waals surface area contributed by atoms with Crippen LogP contribution in [0.25, 0.3) is 11.0 Å². The number of hydrogen-bond acceptors (Lipinski definition) is 3. The molecule has 1 unspecified atom stereocenters. The Labute approximate surface area is 123 Å². The first kappa shape index (κ1) is 12.6. The van der Waals surface area contributed by atoms with Crippen LogP contribution in [0.2, 0.25) is 0 Å². The summed E-state index contributed by atoms with van der Waals surface area (Å²) in [7, 11) is 0. The third kappa shape index (κ3) is 2.15. The van der Waals surface area contributed by atoms with Gasteiger partial charge in [0.15, 0.2) is 0 Å². The normalized spacial score (nSPS) is 15.3. The van der Waals surface area contributed by atoms with Crippen molar-refractivity contribution in [3.8, 4) is 0 Å². The molecule has 0 radical (unpaired) electrons. The van der Waals surface area contributed by atoms with E-state index < -0.39 is 0 Å². The third-order valence-corrected chi connectivity index (χ3v) is 4.10. The predicted octanol–water partition coefficient (Wildman–Crippen LogP) is 3.82. The van der Waals surface area contributed by atoms with Crippen LogP contribution in [0.3, 0.4) is 0 Å². The van der Waals surface area contributed by atoms with Crippen molar-refractivity contribution < 1.29 is 9.15 Å². The Hall–Kier alpha value is -2.10. The molecular weight excluding hydrogens is 262 g/mol. The Morgan fingerprint density at radius 2 is 1.86 bits per heavy atom. The number of furan rings is 1. The summed E-state index contributed by atoms with van der Waals surface area (Å²) < 4.78 is 11.4. The van der Waals surface area contributed by atoms with Gasteiger partial charge in [0.25, 0.3) is 0 Å². The molecule has 2 heterocycles. The Bertz CT molecular complexity index is 819. The van der Waals surface area contributed by atoms with Crippen molar-refractivity contribution in [3.63, 3.8) is 0 Å². The van der Waals surface area contributed by atoms with Gasteiger partial charge in [0.1, 0.15) is 11.3 Å². The summed E-state index contributed by atoms with van der Waals surface area (Å²) >= 11 is 0. The molecule has 21 heavy (non-hydrogen) atoms. The van der Waals surface area contributed by atoms with E-state index in [1.54, 1.807) is 0 Å². The van der Waals surface area contributed by atoms with Gasteiger partial charge in [-0.2, -0.15) is 0 Å². The molecule has 0 saturated carbocycles. The highest BCUT2D eigenvalue weighted by atomic mass is 16.5. The Morgan fingerprint density at radius 3 is 2.76 bits per heavy atom. The first-order valence-electron chi connectivity index (χ1n) is 7.16.